The van der Waals surface area contributed by atoms with Crippen molar-refractivity contribution in [3.63, 3.8) is 0 Å². The largest absolute Gasteiger partial charge is 0.507 e. The summed E-state index contributed by atoms with van der Waals surface area (Å²) in [5.41, 5.74) is 2.01. The Balaban J connectivity index is 2.36. The summed E-state index contributed by atoms with van der Waals surface area (Å²) in [6.45, 7) is 0.499. The fourth-order valence-electron chi connectivity index (χ4n) is 1.72. The Morgan fingerprint density at radius 2 is 2.27 bits per heavy atom. The predicted octanol–water partition coefficient (Wildman–Crippen LogP) is 1.10. The molecule has 1 aliphatic rings. The van der Waals surface area contributed by atoms with E-state index in [0.29, 0.717) is 13.0 Å². The van der Waals surface area contributed by atoms with Crippen LogP contribution in [0.5, 0.6) is 5.75 Å². The summed E-state index contributed by atoms with van der Waals surface area (Å²) >= 11 is 2.07. The van der Waals surface area contributed by atoms with E-state index in [2.05, 4.69) is 27.9 Å². The van der Waals surface area contributed by atoms with E-state index in [-0.39, 0.29) is 5.75 Å². The second kappa shape index (κ2) is 3.97. The molecule has 0 saturated heterocycles. The van der Waals surface area contributed by atoms with E-state index in [1.807, 2.05) is 0 Å². The summed E-state index contributed by atoms with van der Waals surface area (Å²) in [4.78, 5) is 10.8. The van der Waals surface area contributed by atoms with Gasteiger partial charge in [-0.3, -0.25) is 10.1 Å². The number of fused-ring (bicyclic) bond motifs is 1. The minimum atomic E-state index is -0.830. The zero-order valence-electron chi connectivity index (χ0n) is 7.83. The molecule has 0 fully saturated rings. The van der Waals surface area contributed by atoms with Crippen LogP contribution in [0.15, 0.2) is 12.1 Å². The van der Waals surface area contributed by atoms with Crippen LogP contribution in [0.3, 0.4) is 0 Å². The molecule has 0 saturated carbocycles. The van der Waals surface area contributed by atoms with Crippen LogP contribution in [0, 0.1) is 3.57 Å². The lowest BCUT2D eigenvalue weighted by molar-refractivity contribution is -0.139. The fraction of sp³-hybridized carbons (Fsp3) is 0.300. The van der Waals surface area contributed by atoms with Crippen molar-refractivity contribution in [1.82, 2.24) is 5.32 Å². The Morgan fingerprint density at radius 3 is 2.93 bits per heavy atom. The van der Waals surface area contributed by atoms with E-state index < -0.39 is 12.0 Å². The summed E-state index contributed by atoms with van der Waals surface area (Å²) in [6.07, 6.45) is 0.473. The van der Waals surface area contributed by atoms with Crippen molar-refractivity contribution in [2.24, 2.45) is 0 Å². The van der Waals surface area contributed by atoms with Crippen molar-refractivity contribution in [2.45, 2.75) is 19.0 Å². The van der Waals surface area contributed by atoms with Crippen molar-refractivity contribution < 1.29 is 15.0 Å². The van der Waals surface area contributed by atoms with Crippen molar-refractivity contribution >= 4 is 28.6 Å². The minimum absolute atomic E-state index is 0.255. The van der Waals surface area contributed by atoms with Crippen LogP contribution in [-0.4, -0.2) is 22.2 Å². The molecule has 1 atom stereocenters. The number of hydrogen-bond donors (Lipinski definition) is 3. The van der Waals surface area contributed by atoms with Gasteiger partial charge in [-0.25, -0.2) is 0 Å². The van der Waals surface area contributed by atoms with E-state index in [0.717, 1.165) is 14.7 Å². The minimum Gasteiger partial charge on any atom is -0.507 e. The summed E-state index contributed by atoms with van der Waals surface area (Å²) in [5.74, 6) is -0.575. The number of carboxylic acids is 1. The number of halogens is 1. The van der Waals surface area contributed by atoms with Gasteiger partial charge in [0.25, 0.3) is 0 Å². The summed E-state index contributed by atoms with van der Waals surface area (Å²) in [5, 5.41) is 21.3. The lowest BCUT2D eigenvalue weighted by Crippen LogP contribution is -2.41. The average molecular weight is 315 g/mol. The fourth-order valence-corrected chi connectivity index (χ4v) is 2.44. The normalized spacial score (nSPS) is 19.7. The van der Waals surface area contributed by atoms with Crippen LogP contribution in [0.4, 0.5) is 0 Å². The first-order valence-corrected chi connectivity index (χ1v) is 5.63. The van der Waals surface area contributed by atoms with Crippen molar-refractivity contribution in [2.75, 3.05) is 0 Å². The molecule has 0 aromatic heterocycles. The van der Waals surface area contributed by atoms with E-state index in [1.54, 1.807) is 12.1 Å². The molecule has 0 bridgehead atoms. The summed E-state index contributed by atoms with van der Waals surface area (Å²) in [7, 11) is 0. The molecule has 0 unspecified atom stereocenters. The third-order valence-electron chi connectivity index (χ3n) is 2.57. The van der Waals surface area contributed by atoms with Crippen LogP contribution >= 0.6 is 22.6 Å². The Morgan fingerprint density at radius 1 is 1.53 bits per heavy atom. The molecule has 1 heterocycles. The first kappa shape index (κ1) is 10.7. The smallest absolute Gasteiger partial charge is 0.321 e. The maximum atomic E-state index is 10.8. The lowest BCUT2D eigenvalue weighted by Gasteiger charge is -2.24. The highest BCUT2D eigenvalue weighted by Gasteiger charge is 2.25. The standard InChI is InChI=1S/C10H10INO3/c11-9-6-4-12-7(10(14)15)3-5(6)1-2-8(9)13/h1-2,7,12-13H,3-4H2,(H,14,15)/t7-/m0/s1/i11-4. The molecule has 1 aromatic rings. The van der Waals surface area contributed by atoms with Crippen LogP contribution in [0.1, 0.15) is 11.1 Å². The predicted molar refractivity (Wildman–Crippen MR) is 62.8 cm³/mol. The van der Waals surface area contributed by atoms with E-state index in [9.17, 15) is 9.90 Å². The van der Waals surface area contributed by atoms with Gasteiger partial charge in [-0.05, 0) is 46.2 Å². The van der Waals surface area contributed by atoms with Gasteiger partial charge in [-0.2, -0.15) is 0 Å². The zero-order valence-corrected chi connectivity index (χ0v) is 9.98. The molecule has 3 N–H and O–H groups in total. The Labute approximate surface area is 100 Å². The SMILES string of the molecule is O=C(O)[C@@H]1Cc2ccc(O)c([123I])c2CN1. The van der Waals surface area contributed by atoms with Gasteiger partial charge in [0.05, 0.1) is 3.57 Å². The Kier molecular flexibility index (Phi) is 2.83. The van der Waals surface area contributed by atoms with Gasteiger partial charge >= 0.3 is 5.97 Å². The number of aromatic hydroxyl groups is 1. The third-order valence-corrected chi connectivity index (χ3v) is 3.77. The number of benzene rings is 1. The highest BCUT2D eigenvalue weighted by atomic mass is 123. The molecule has 1 aromatic carbocycles. The molecule has 0 aliphatic carbocycles. The highest BCUT2D eigenvalue weighted by molar-refractivity contribution is 14.1. The maximum absolute atomic E-state index is 10.8. The van der Waals surface area contributed by atoms with Gasteiger partial charge in [-0.1, -0.05) is 6.07 Å². The number of carbonyl (C=O) groups is 1. The van der Waals surface area contributed by atoms with Crippen LogP contribution in [0.2, 0.25) is 0 Å². The summed E-state index contributed by atoms with van der Waals surface area (Å²) < 4.78 is 0.807. The van der Waals surface area contributed by atoms with E-state index >= 15 is 0 Å². The summed E-state index contributed by atoms with van der Waals surface area (Å²) in [6, 6.07) is 2.90. The Hall–Kier alpha value is -0.820. The molecule has 4 nitrogen and oxygen atoms in total. The second-order valence-corrected chi connectivity index (χ2v) is 4.59. The molecule has 15 heavy (non-hydrogen) atoms. The average Bonchev–Trinajstić information content (AvgIpc) is 2.23. The van der Waals surface area contributed by atoms with Gasteiger partial charge in [0.15, 0.2) is 0 Å². The number of hydrogen-bond acceptors (Lipinski definition) is 3. The van der Waals surface area contributed by atoms with Crippen molar-refractivity contribution in [3.8, 4) is 5.75 Å². The lowest BCUT2D eigenvalue weighted by atomic mass is 9.96. The van der Waals surface area contributed by atoms with Crippen LogP contribution in [0.25, 0.3) is 0 Å². The number of carboxylic acid groups (broad SMARTS) is 1. The molecule has 0 radical (unpaired) electrons. The first-order chi connectivity index (χ1) is 7.09. The van der Waals surface area contributed by atoms with Crippen LogP contribution < -0.4 is 5.32 Å². The van der Waals surface area contributed by atoms with Crippen molar-refractivity contribution in [1.29, 1.82) is 0 Å². The van der Waals surface area contributed by atoms with Crippen molar-refractivity contribution in [3.05, 3.63) is 26.8 Å². The van der Waals surface area contributed by atoms with Gasteiger partial charge in [-0.15, -0.1) is 0 Å². The van der Waals surface area contributed by atoms with Gasteiger partial charge < -0.3 is 10.2 Å². The topological polar surface area (TPSA) is 69.6 Å². The monoisotopic (exact) mass is 315 g/mol. The second-order valence-electron chi connectivity index (χ2n) is 3.51. The van der Waals surface area contributed by atoms with E-state index in [1.165, 1.54) is 0 Å². The molecule has 0 amide bonds. The molecule has 5 heteroatoms. The molecule has 0 spiro atoms. The number of aliphatic carboxylic acids is 1. The molecule has 1 aliphatic heterocycles. The first-order valence-electron chi connectivity index (χ1n) is 4.55. The zero-order chi connectivity index (χ0) is 11.0. The molecule has 80 valence electrons. The van der Waals surface area contributed by atoms with Gasteiger partial charge in [0.1, 0.15) is 11.8 Å². The number of phenols is 1. The Bertz CT molecular complexity index is 419. The van der Waals surface area contributed by atoms with Crippen LogP contribution in [-0.2, 0) is 17.8 Å². The van der Waals surface area contributed by atoms with E-state index in [4.69, 9.17) is 5.11 Å². The quantitative estimate of drug-likeness (QED) is 0.679. The molecular weight excluding hydrogens is 305 g/mol. The molecular formula is C10H10INO3. The van der Waals surface area contributed by atoms with Gasteiger partial charge in [0, 0.05) is 6.54 Å². The molecule has 2 rings (SSSR count). The number of rotatable bonds is 1. The number of nitrogens with one attached hydrogen (secondary N) is 1. The maximum Gasteiger partial charge on any atom is 0.321 e. The third kappa shape index (κ3) is 1.93. The number of phenolic OH excluding ortho intramolecular Hbond substituents is 1. The van der Waals surface area contributed by atoms with Gasteiger partial charge in [0.2, 0.25) is 0 Å². The highest BCUT2D eigenvalue weighted by Crippen LogP contribution is 2.29.